The van der Waals surface area contributed by atoms with Crippen molar-refractivity contribution in [3.8, 4) is 11.3 Å². The Morgan fingerprint density at radius 2 is 1.85 bits per heavy atom. The van der Waals surface area contributed by atoms with E-state index in [-0.39, 0.29) is 11.7 Å². The molecule has 1 N–H and O–H groups in total. The maximum Gasteiger partial charge on any atom is 0.248 e. The number of amides is 1. The second-order valence-corrected chi connectivity index (χ2v) is 8.19. The van der Waals surface area contributed by atoms with Crippen LogP contribution in [-0.2, 0) is 4.79 Å². The average molecular weight is 451 g/mol. The molecule has 0 saturated heterocycles. The van der Waals surface area contributed by atoms with E-state index in [1.807, 2.05) is 72.1 Å². The minimum absolute atomic E-state index is 0.101. The number of aromatic nitrogens is 3. The highest BCUT2D eigenvalue weighted by molar-refractivity contribution is 7.12. The fraction of sp³-hybridized carbons (Fsp3) is 0. The lowest BCUT2D eigenvalue weighted by Crippen LogP contribution is -2.07. The molecule has 5 rings (SSSR count). The molecule has 33 heavy (non-hydrogen) atoms. The molecule has 0 aliphatic heterocycles. The predicted molar refractivity (Wildman–Crippen MR) is 130 cm³/mol. The summed E-state index contributed by atoms with van der Waals surface area (Å²) >= 11 is 1.39. The number of rotatable bonds is 6. The normalized spacial score (nSPS) is 11.2. The van der Waals surface area contributed by atoms with Crippen molar-refractivity contribution in [3.63, 3.8) is 0 Å². The molecule has 0 saturated carbocycles. The first-order chi connectivity index (χ1) is 16.2. The van der Waals surface area contributed by atoms with Crippen LogP contribution in [0.2, 0.25) is 0 Å². The summed E-state index contributed by atoms with van der Waals surface area (Å²) in [5, 5.41) is 9.18. The van der Waals surface area contributed by atoms with Crippen LogP contribution in [0.3, 0.4) is 0 Å². The van der Waals surface area contributed by atoms with Gasteiger partial charge in [0.05, 0.1) is 22.3 Å². The summed E-state index contributed by atoms with van der Waals surface area (Å²) in [7, 11) is 0. The van der Waals surface area contributed by atoms with E-state index in [0.29, 0.717) is 21.8 Å². The van der Waals surface area contributed by atoms with Gasteiger partial charge in [0, 0.05) is 23.5 Å². The molecular weight excluding hydrogens is 432 g/mol. The van der Waals surface area contributed by atoms with Crippen LogP contribution in [0, 0.1) is 0 Å². The Hall–Kier alpha value is -4.36. The molecule has 2 aromatic carbocycles. The van der Waals surface area contributed by atoms with Gasteiger partial charge in [-0.3, -0.25) is 9.59 Å². The first kappa shape index (κ1) is 20.5. The molecule has 0 aliphatic carbocycles. The van der Waals surface area contributed by atoms with Gasteiger partial charge >= 0.3 is 0 Å². The minimum atomic E-state index is -0.223. The number of nitrogens with one attached hydrogen (secondary N) is 1. The third kappa shape index (κ3) is 4.35. The van der Waals surface area contributed by atoms with E-state index in [0.717, 1.165) is 16.8 Å². The molecule has 1 amide bonds. The summed E-state index contributed by atoms with van der Waals surface area (Å²) in [6.45, 7) is 0. The van der Waals surface area contributed by atoms with Crippen molar-refractivity contribution in [2.24, 2.45) is 0 Å². The minimum Gasteiger partial charge on any atom is -0.322 e. The molecule has 3 heterocycles. The lowest BCUT2D eigenvalue weighted by molar-refractivity contribution is -0.111. The molecule has 0 radical (unpaired) electrons. The molecule has 0 spiro atoms. The second kappa shape index (κ2) is 9.02. The zero-order chi connectivity index (χ0) is 22.6. The lowest BCUT2D eigenvalue weighted by Gasteiger charge is -2.08. The topological polar surface area (TPSA) is 76.4 Å². The summed E-state index contributed by atoms with van der Waals surface area (Å²) in [5.41, 5.74) is 4.15. The largest absolute Gasteiger partial charge is 0.322 e. The van der Waals surface area contributed by atoms with Crippen molar-refractivity contribution in [3.05, 3.63) is 113 Å². The van der Waals surface area contributed by atoms with Crippen molar-refractivity contribution < 1.29 is 9.59 Å². The van der Waals surface area contributed by atoms with Crippen LogP contribution in [0.25, 0.3) is 23.0 Å². The highest BCUT2D eigenvalue weighted by Crippen LogP contribution is 2.25. The van der Waals surface area contributed by atoms with Gasteiger partial charge in [-0.05, 0) is 41.3 Å². The molecule has 7 heteroatoms. The van der Waals surface area contributed by atoms with Crippen LogP contribution in [0.4, 0.5) is 5.69 Å². The quantitative estimate of drug-likeness (QED) is 0.280. The van der Waals surface area contributed by atoms with Crippen molar-refractivity contribution >= 4 is 40.4 Å². The van der Waals surface area contributed by atoms with Gasteiger partial charge in [-0.2, -0.15) is 5.10 Å². The SMILES string of the molecule is O=C(/C=C/c1ccccc1)Nc1cccc(-c2ccnc3c(C(=O)c4cccs4)cnn23)c1. The van der Waals surface area contributed by atoms with E-state index in [1.54, 1.807) is 29.1 Å². The molecule has 3 aromatic heterocycles. The van der Waals surface area contributed by atoms with Crippen LogP contribution in [0.5, 0.6) is 0 Å². The van der Waals surface area contributed by atoms with E-state index < -0.39 is 0 Å². The number of anilines is 1. The molecule has 5 aromatic rings. The van der Waals surface area contributed by atoms with Crippen molar-refractivity contribution in [1.29, 1.82) is 0 Å². The predicted octanol–water partition coefficient (Wildman–Crippen LogP) is 5.34. The molecule has 0 bridgehead atoms. The number of benzene rings is 2. The summed E-state index contributed by atoms with van der Waals surface area (Å²) in [5.74, 6) is -0.324. The Morgan fingerprint density at radius 3 is 2.67 bits per heavy atom. The molecule has 6 nitrogen and oxygen atoms in total. The second-order valence-electron chi connectivity index (χ2n) is 7.24. The van der Waals surface area contributed by atoms with Crippen molar-refractivity contribution in [2.45, 2.75) is 0 Å². The van der Waals surface area contributed by atoms with Gasteiger partial charge in [0.25, 0.3) is 0 Å². The molecule has 160 valence electrons. The Labute approximate surface area is 193 Å². The smallest absolute Gasteiger partial charge is 0.248 e. The summed E-state index contributed by atoms with van der Waals surface area (Å²) in [6, 6.07) is 22.6. The van der Waals surface area contributed by atoms with E-state index in [4.69, 9.17) is 0 Å². The Morgan fingerprint density at radius 1 is 0.970 bits per heavy atom. The number of carbonyl (C=O) groups is 2. The first-order valence-electron chi connectivity index (χ1n) is 10.2. The van der Waals surface area contributed by atoms with E-state index in [2.05, 4.69) is 15.4 Å². The van der Waals surface area contributed by atoms with Gasteiger partial charge < -0.3 is 5.32 Å². The maximum atomic E-state index is 12.8. The van der Waals surface area contributed by atoms with Crippen molar-refractivity contribution in [1.82, 2.24) is 14.6 Å². The highest BCUT2D eigenvalue weighted by Gasteiger charge is 2.18. The fourth-order valence-electron chi connectivity index (χ4n) is 3.49. The molecule has 0 unspecified atom stereocenters. The Bertz CT molecular complexity index is 1470. The third-order valence-corrected chi connectivity index (χ3v) is 5.91. The fourth-order valence-corrected chi connectivity index (χ4v) is 4.16. The monoisotopic (exact) mass is 450 g/mol. The number of fused-ring (bicyclic) bond motifs is 1. The van der Waals surface area contributed by atoms with Gasteiger partial charge in [-0.1, -0.05) is 48.5 Å². The van der Waals surface area contributed by atoms with Crippen LogP contribution >= 0.6 is 11.3 Å². The molecular formula is C26H18N4O2S. The summed E-state index contributed by atoms with van der Waals surface area (Å²) in [6.07, 6.45) is 6.48. The van der Waals surface area contributed by atoms with E-state index >= 15 is 0 Å². The first-order valence-corrected chi connectivity index (χ1v) is 11.1. The lowest BCUT2D eigenvalue weighted by atomic mass is 10.1. The number of ketones is 1. The zero-order valence-corrected chi connectivity index (χ0v) is 18.2. The van der Waals surface area contributed by atoms with Crippen LogP contribution in [0.1, 0.15) is 20.8 Å². The Kier molecular flexibility index (Phi) is 5.61. The molecule has 0 aliphatic rings. The van der Waals surface area contributed by atoms with E-state index in [9.17, 15) is 9.59 Å². The van der Waals surface area contributed by atoms with Gasteiger partial charge in [-0.25, -0.2) is 9.50 Å². The van der Waals surface area contributed by atoms with Crippen LogP contribution < -0.4 is 5.32 Å². The molecule has 0 fully saturated rings. The molecule has 0 atom stereocenters. The summed E-state index contributed by atoms with van der Waals surface area (Å²) < 4.78 is 1.65. The standard InChI is InChI=1S/C26H18N4O2S/c31-24(12-11-18-6-2-1-3-7-18)29-20-9-4-8-19(16-20)22-13-14-27-26-21(17-28-30(22)26)25(32)23-10-5-15-33-23/h1-17H,(H,29,31)/b12-11+. The van der Waals surface area contributed by atoms with E-state index in [1.165, 1.54) is 17.4 Å². The number of carbonyl (C=O) groups excluding carboxylic acids is 2. The number of hydrogen-bond acceptors (Lipinski definition) is 5. The zero-order valence-electron chi connectivity index (χ0n) is 17.4. The van der Waals surface area contributed by atoms with Gasteiger partial charge in [0.1, 0.15) is 0 Å². The van der Waals surface area contributed by atoms with Gasteiger partial charge in [0.15, 0.2) is 5.65 Å². The third-order valence-electron chi connectivity index (χ3n) is 5.04. The van der Waals surface area contributed by atoms with Crippen LogP contribution in [-0.4, -0.2) is 26.3 Å². The Balaban J connectivity index is 1.42. The summed E-state index contributed by atoms with van der Waals surface area (Å²) in [4.78, 5) is 30.2. The van der Waals surface area contributed by atoms with Gasteiger partial charge in [-0.15, -0.1) is 11.3 Å². The van der Waals surface area contributed by atoms with Crippen molar-refractivity contribution in [2.75, 3.05) is 5.32 Å². The van der Waals surface area contributed by atoms with Gasteiger partial charge in [0.2, 0.25) is 11.7 Å². The number of thiophene rings is 1. The van der Waals surface area contributed by atoms with Crippen LogP contribution in [0.15, 0.2) is 96.6 Å². The highest BCUT2D eigenvalue weighted by atomic mass is 32.1. The maximum absolute atomic E-state index is 12.8. The number of hydrogen-bond donors (Lipinski definition) is 1. The average Bonchev–Trinajstić information content (AvgIpc) is 3.54. The number of nitrogens with zero attached hydrogens (tertiary/aromatic N) is 3.